The van der Waals surface area contributed by atoms with E-state index in [4.69, 9.17) is 4.65 Å². The highest BCUT2D eigenvalue weighted by atomic mass is 16.5. The lowest BCUT2D eigenvalue weighted by molar-refractivity contribution is 0.0375. The van der Waals surface area contributed by atoms with Gasteiger partial charge >= 0.3 is 6.92 Å². The molecule has 0 spiro atoms. The highest BCUT2D eigenvalue weighted by Crippen LogP contribution is 2.44. The molecule has 1 nitrogen and oxygen atoms in total. The van der Waals surface area contributed by atoms with Gasteiger partial charge in [0.15, 0.2) is 0 Å². The Balaban J connectivity index is 2.28. The van der Waals surface area contributed by atoms with E-state index in [1.807, 2.05) is 6.08 Å². The largest absolute Gasteiger partial charge is 0.426 e. The molecule has 0 N–H and O–H groups in total. The van der Waals surface area contributed by atoms with Crippen molar-refractivity contribution in [3.63, 3.8) is 0 Å². The summed E-state index contributed by atoms with van der Waals surface area (Å²) in [5, 5.41) is 0. The van der Waals surface area contributed by atoms with E-state index >= 15 is 0 Å². The van der Waals surface area contributed by atoms with Crippen LogP contribution < -0.4 is 5.46 Å². The fourth-order valence-electron chi connectivity index (χ4n) is 2.34. The second-order valence-corrected chi connectivity index (χ2v) is 6.08. The maximum atomic E-state index is 6.22. The second-order valence-electron chi connectivity index (χ2n) is 6.08. The molecule has 0 bridgehead atoms. The standard InChI is InChI=1S/C15H21BO/c1-6-12-8-7-9-13(10-12)16-11-14(2,3)15(4,5)17-16/h6-10H,1,11H2,2-5H3. The van der Waals surface area contributed by atoms with Crippen LogP contribution >= 0.6 is 0 Å². The molecule has 1 aliphatic rings. The Morgan fingerprint density at radius 3 is 2.53 bits per heavy atom. The third kappa shape index (κ3) is 2.19. The number of benzene rings is 1. The zero-order chi connectivity index (χ0) is 12.7. The lowest BCUT2D eigenvalue weighted by atomic mass is 9.54. The highest BCUT2D eigenvalue weighted by molar-refractivity contribution is 6.68. The van der Waals surface area contributed by atoms with Gasteiger partial charge < -0.3 is 4.65 Å². The third-order valence-electron chi connectivity index (χ3n) is 4.28. The molecule has 0 aliphatic carbocycles. The van der Waals surface area contributed by atoms with Crippen LogP contribution in [0.4, 0.5) is 0 Å². The third-order valence-corrected chi connectivity index (χ3v) is 4.28. The minimum Gasteiger partial charge on any atom is -0.426 e. The van der Waals surface area contributed by atoms with Gasteiger partial charge in [-0.1, -0.05) is 50.8 Å². The number of hydrogen-bond acceptors (Lipinski definition) is 1. The summed E-state index contributed by atoms with van der Waals surface area (Å²) in [5.74, 6) is 0. The van der Waals surface area contributed by atoms with E-state index < -0.39 is 0 Å². The molecular weight excluding hydrogens is 207 g/mol. The van der Waals surface area contributed by atoms with Crippen LogP contribution in [0.15, 0.2) is 30.8 Å². The molecule has 0 aromatic heterocycles. The second kappa shape index (κ2) is 4.02. The fraction of sp³-hybridized carbons (Fsp3) is 0.467. The first-order valence-corrected chi connectivity index (χ1v) is 6.26. The van der Waals surface area contributed by atoms with E-state index in [1.165, 1.54) is 5.46 Å². The minimum atomic E-state index is -0.0676. The maximum absolute atomic E-state index is 6.22. The molecule has 2 heteroatoms. The van der Waals surface area contributed by atoms with Crippen LogP contribution in [-0.4, -0.2) is 12.5 Å². The Morgan fingerprint density at radius 1 is 1.29 bits per heavy atom. The van der Waals surface area contributed by atoms with Crippen LogP contribution in [0.25, 0.3) is 6.08 Å². The van der Waals surface area contributed by atoms with Gasteiger partial charge in [0, 0.05) is 0 Å². The van der Waals surface area contributed by atoms with Crippen molar-refractivity contribution < 1.29 is 4.65 Å². The van der Waals surface area contributed by atoms with Crippen molar-refractivity contribution in [2.45, 2.75) is 39.6 Å². The van der Waals surface area contributed by atoms with E-state index in [1.54, 1.807) is 0 Å². The fourth-order valence-corrected chi connectivity index (χ4v) is 2.34. The van der Waals surface area contributed by atoms with Gasteiger partial charge in [-0.25, -0.2) is 0 Å². The van der Waals surface area contributed by atoms with Crippen LogP contribution in [0, 0.1) is 5.41 Å². The van der Waals surface area contributed by atoms with Gasteiger partial charge in [-0.05, 0) is 36.6 Å². The zero-order valence-corrected chi connectivity index (χ0v) is 11.3. The summed E-state index contributed by atoms with van der Waals surface area (Å²) in [4.78, 5) is 0. The lowest BCUT2D eigenvalue weighted by Gasteiger charge is -2.34. The Morgan fingerprint density at radius 2 is 2.00 bits per heavy atom. The summed E-state index contributed by atoms with van der Waals surface area (Å²) in [5.41, 5.74) is 2.57. The normalized spacial score (nSPS) is 21.5. The van der Waals surface area contributed by atoms with Crippen molar-refractivity contribution in [2.24, 2.45) is 5.41 Å². The van der Waals surface area contributed by atoms with Crippen LogP contribution in [0.3, 0.4) is 0 Å². The van der Waals surface area contributed by atoms with Gasteiger partial charge in [-0.2, -0.15) is 0 Å². The average Bonchev–Trinajstić information content (AvgIpc) is 2.48. The predicted molar refractivity (Wildman–Crippen MR) is 75.7 cm³/mol. The average molecular weight is 228 g/mol. The Hall–Kier alpha value is -1.02. The molecule has 1 fully saturated rings. The van der Waals surface area contributed by atoms with Gasteiger partial charge in [-0.15, -0.1) is 0 Å². The maximum Gasteiger partial charge on any atom is 0.327 e. The topological polar surface area (TPSA) is 9.23 Å². The highest BCUT2D eigenvalue weighted by Gasteiger charge is 2.49. The van der Waals surface area contributed by atoms with Crippen LogP contribution in [-0.2, 0) is 4.65 Å². The van der Waals surface area contributed by atoms with Crippen LogP contribution in [0.5, 0.6) is 0 Å². The molecule has 2 rings (SSSR count). The first kappa shape index (κ1) is 12.4. The Labute approximate surface area is 105 Å². The van der Waals surface area contributed by atoms with E-state index in [9.17, 15) is 0 Å². The summed E-state index contributed by atoms with van der Waals surface area (Å²) in [6.07, 6.45) is 2.95. The molecule has 1 aromatic carbocycles. The molecule has 0 unspecified atom stereocenters. The Kier molecular flexibility index (Phi) is 2.95. The summed E-state index contributed by atoms with van der Waals surface area (Å²) in [6.45, 7) is 13.0. The van der Waals surface area contributed by atoms with Gasteiger partial charge in [0.2, 0.25) is 0 Å². The molecular formula is C15H21BO. The van der Waals surface area contributed by atoms with E-state index in [-0.39, 0.29) is 17.9 Å². The molecule has 0 radical (unpaired) electrons. The molecule has 0 saturated carbocycles. The molecule has 1 heterocycles. The number of rotatable bonds is 2. The molecule has 0 atom stereocenters. The molecule has 90 valence electrons. The van der Waals surface area contributed by atoms with Crippen molar-refractivity contribution in [3.05, 3.63) is 36.4 Å². The van der Waals surface area contributed by atoms with Gasteiger partial charge in [0.05, 0.1) is 5.60 Å². The van der Waals surface area contributed by atoms with Crippen molar-refractivity contribution >= 4 is 18.5 Å². The van der Waals surface area contributed by atoms with Crippen molar-refractivity contribution in [3.8, 4) is 0 Å². The van der Waals surface area contributed by atoms with Crippen LogP contribution in [0.2, 0.25) is 6.32 Å². The van der Waals surface area contributed by atoms with Crippen molar-refractivity contribution in [2.75, 3.05) is 0 Å². The van der Waals surface area contributed by atoms with Crippen molar-refractivity contribution in [1.82, 2.24) is 0 Å². The molecule has 1 aliphatic heterocycles. The molecule has 17 heavy (non-hydrogen) atoms. The van der Waals surface area contributed by atoms with E-state index in [0.29, 0.717) is 0 Å². The van der Waals surface area contributed by atoms with E-state index in [0.717, 1.165) is 11.9 Å². The number of hydrogen-bond donors (Lipinski definition) is 0. The van der Waals surface area contributed by atoms with Gasteiger partial charge in [0.1, 0.15) is 0 Å². The van der Waals surface area contributed by atoms with Crippen LogP contribution in [0.1, 0.15) is 33.3 Å². The minimum absolute atomic E-state index is 0.0676. The van der Waals surface area contributed by atoms with Crippen molar-refractivity contribution in [1.29, 1.82) is 0 Å². The van der Waals surface area contributed by atoms with E-state index in [2.05, 4.69) is 58.5 Å². The monoisotopic (exact) mass is 228 g/mol. The molecule has 1 saturated heterocycles. The zero-order valence-electron chi connectivity index (χ0n) is 11.3. The first-order valence-electron chi connectivity index (χ1n) is 6.26. The van der Waals surface area contributed by atoms with Gasteiger partial charge in [-0.3, -0.25) is 0 Å². The predicted octanol–water partition coefficient (Wildman–Crippen LogP) is 3.36. The SMILES string of the molecule is C=Cc1cccc(B2CC(C)(C)C(C)(C)O2)c1. The Bertz CT molecular complexity index is 418. The summed E-state index contributed by atoms with van der Waals surface area (Å²) in [6, 6.07) is 8.47. The molecule has 1 aromatic rings. The first-order chi connectivity index (χ1) is 7.86. The summed E-state index contributed by atoms with van der Waals surface area (Å²) < 4.78 is 6.22. The smallest absolute Gasteiger partial charge is 0.327 e. The summed E-state index contributed by atoms with van der Waals surface area (Å²) in [7, 11) is 0. The quantitative estimate of drug-likeness (QED) is 0.705. The lowest BCUT2D eigenvalue weighted by Crippen LogP contribution is -2.36. The summed E-state index contributed by atoms with van der Waals surface area (Å²) >= 11 is 0. The van der Waals surface area contributed by atoms with Gasteiger partial charge in [0.25, 0.3) is 0 Å². The molecule has 0 amide bonds.